The van der Waals surface area contributed by atoms with Gasteiger partial charge in [-0.3, -0.25) is 4.98 Å². The molecule has 0 aromatic carbocycles. The molecule has 110 valence electrons. The van der Waals surface area contributed by atoms with Gasteiger partial charge >= 0.3 is 5.97 Å². The van der Waals surface area contributed by atoms with E-state index in [1.165, 1.54) is 6.20 Å². The SMILES string of the molecule is CCOC(=O)c1cnc(C(C)(C)C)nc1-c1cccnc1. The minimum atomic E-state index is -0.420. The average Bonchev–Trinajstić information content (AvgIpc) is 2.47. The van der Waals surface area contributed by atoms with Crippen molar-refractivity contribution >= 4 is 5.97 Å². The fourth-order valence-electron chi connectivity index (χ4n) is 1.82. The molecule has 0 fully saturated rings. The molecule has 5 heteroatoms. The van der Waals surface area contributed by atoms with Crippen LogP contribution in [0.2, 0.25) is 0 Å². The molecule has 0 unspecified atom stereocenters. The summed E-state index contributed by atoms with van der Waals surface area (Å²) in [6.07, 6.45) is 4.89. The molecule has 2 rings (SSSR count). The lowest BCUT2D eigenvalue weighted by Crippen LogP contribution is -2.18. The summed E-state index contributed by atoms with van der Waals surface area (Å²) in [4.78, 5) is 25.0. The quantitative estimate of drug-likeness (QED) is 0.811. The van der Waals surface area contributed by atoms with Gasteiger partial charge in [-0.15, -0.1) is 0 Å². The van der Waals surface area contributed by atoms with Gasteiger partial charge in [0, 0.05) is 29.6 Å². The van der Waals surface area contributed by atoms with Crippen molar-refractivity contribution in [1.82, 2.24) is 15.0 Å². The van der Waals surface area contributed by atoms with Crippen LogP contribution in [0.1, 0.15) is 43.9 Å². The van der Waals surface area contributed by atoms with E-state index < -0.39 is 5.97 Å². The molecule has 0 N–H and O–H groups in total. The summed E-state index contributed by atoms with van der Waals surface area (Å²) in [6.45, 7) is 8.16. The van der Waals surface area contributed by atoms with Crippen molar-refractivity contribution in [2.75, 3.05) is 6.61 Å². The zero-order chi connectivity index (χ0) is 15.5. The molecule has 0 aliphatic heterocycles. The van der Waals surface area contributed by atoms with Crippen molar-refractivity contribution in [2.45, 2.75) is 33.1 Å². The van der Waals surface area contributed by atoms with Gasteiger partial charge in [0.05, 0.1) is 12.3 Å². The third-order valence-electron chi connectivity index (χ3n) is 2.89. The number of hydrogen-bond acceptors (Lipinski definition) is 5. The first kappa shape index (κ1) is 15.1. The highest BCUT2D eigenvalue weighted by molar-refractivity contribution is 5.95. The summed E-state index contributed by atoms with van der Waals surface area (Å²) >= 11 is 0. The smallest absolute Gasteiger partial charge is 0.341 e. The summed E-state index contributed by atoms with van der Waals surface area (Å²) in [5.41, 5.74) is 1.48. The lowest BCUT2D eigenvalue weighted by molar-refractivity contribution is 0.0526. The van der Waals surface area contributed by atoms with Crippen LogP contribution in [0.25, 0.3) is 11.3 Å². The van der Waals surface area contributed by atoms with Gasteiger partial charge in [-0.1, -0.05) is 20.8 Å². The van der Waals surface area contributed by atoms with E-state index in [9.17, 15) is 4.79 Å². The first-order valence-electron chi connectivity index (χ1n) is 6.88. The zero-order valence-electron chi connectivity index (χ0n) is 12.8. The van der Waals surface area contributed by atoms with Gasteiger partial charge in [0.15, 0.2) is 0 Å². The van der Waals surface area contributed by atoms with Crippen LogP contribution in [-0.4, -0.2) is 27.5 Å². The second-order valence-electron chi connectivity index (χ2n) is 5.67. The van der Waals surface area contributed by atoms with E-state index in [0.29, 0.717) is 23.7 Å². The van der Waals surface area contributed by atoms with Gasteiger partial charge in [0.1, 0.15) is 11.4 Å². The highest BCUT2D eigenvalue weighted by Crippen LogP contribution is 2.25. The van der Waals surface area contributed by atoms with Gasteiger partial charge in [0.25, 0.3) is 0 Å². The number of nitrogens with zero attached hydrogens (tertiary/aromatic N) is 3. The fourth-order valence-corrected chi connectivity index (χ4v) is 1.82. The second kappa shape index (κ2) is 5.99. The number of esters is 1. The van der Waals surface area contributed by atoms with Crippen molar-refractivity contribution in [3.05, 3.63) is 42.1 Å². The van der Waals surface area contributed by atoms with Crippen LogP contribution in [0.15, 0.2) is 30.7 Å². The molecule has 0 atom stereocenters. The maximum Gasteiger partial charge on any atom is 0.341 e. The number of ether oxygens (including phenoxy) is 1. The van der Waals surface area contributed by atoms with Gasteiger partial charge in [-0.25, -0.2) is 14.8 Å². The van der Waals surface area contributed by atoms with Crippen LogP contribution >= 0.6 is 0 Å². The molecular formula is C16H19N3O2. The summed E-state index contributed by atoms with van der Waals surface area (Å²) in [5.74, 6) is 0.256. The first-order valence-corrected chi connectivity index (χ1v) is 6.88. The molecule has 2 aromatic heterocycles. The standard InChI is InChI=1S/C16H19N3O2/c1-5-21-14(20)12-10-18-15(16(2,3)4)19-13(12)11-7-6-8-17-9-11/h6-10H,5H2,1-4H3. The van der Waals surface area contributed by atoms with E-state index in [-0.39, 0.29) is 5.41 Å². The average molecular weight is 285 g/mol. The molecule has 2 aromatic rings. The molecule has 0 spiro atoms. The highest BCUT2D eigenvalue weighted by atomic mass is 16.5. The van der Waals surface area contributed by atoms with Crippen LogP contribution in [0.3, 0.4) is 0 Å². The van der Waals surface area contributed by atoms with Crippen LogP contribution in [-0.2, 0) is 10.2 Å². The van der Waals surface area contributed by atoms with Crippen molar-refractivity contribution < 1.29 is 9.53 Å². The molecule has 0 amide bonds. The van der Waals surface area contributed by atoms with Crippen molar-refractivity contribution in [3.63, 3.8) is 0 Å². The van der Waals surface area contributed by atoms with Crippen molar-refractivity contribution in [1.29, 1.82) is 0 Å². The predicted molar refractivity (Wildman–Crippen MR) is 79.9 cm³/mol. The first-order chi connectivity index (χ1) is 9.93. The second-order valence-corrected chi connectivity index (χ2v) is 5.67. The normalized spacial score (nSPS) is 11.2. The Morgan fingerprint density at radius 1 is 1.29 bits per heavy atom. The molecule has 0 saturated heterocycles. The van der Waals surface area contributed by atoms with Gasteiger partial charge in [0.2, 0.25) is 0 Å². The van der Waals surface area contributed by atoms with E-state index in [0.717, 1.165) is 5.56 Å². The molecule has 0 saturated carbocycles. The predicted octanol–water partition coefficient (Wildman–Crippen LogP) is 3.01. The van der Waals surface area contributed by atoms with Gasteiger partial charge < -0.3 is 4.74 Å². The Kier molecular flexibility index (Phi) is 4.31. The molecule has 0 aliphatic rings. The molecular weight excluding hydrogens is 266 g/mol. The topological polar surface area (TPSA) is 65.0 Å². The Morgan fingerprint density at radius 2 is 2.05 bits per heavy atom. The minimum absolute atomic E-state index is 0.204. The number of aromatic nitrogens is 3. The van der Waals surface area contributed by atoms with Crippen LogP contribution in [0.5, 0.6) is 0 Å². The number of rotatable bonds is 3. The summed E-state index contributed by atoms with van der Waals surface area (Å²) in [5, 5.41) is 0. The lowest BCUT2D eigenvalue weighted by atomic mass is 9.95. The third-order valence-corrected chi connectivity index (χ3v) is 2.89. The highest BCUT2D eigenvalue weighted by Gasteiger charge is 2.22. The van der Waals surface area contributed by atoms with Crippen molar-refractivity contribution in [3.8, 4) is 11.3 Å². The van der Waals surface area contributed by atoms with Crippen LogP contribution in [0.4, 0.5) is 0 Å². The molecule has 0 radical (unpaired) electrons. The molecule has 0 aliphatic carbocycles. The van der Waals surface area contributed by atoms with E-state index >= 15 is 0 Å². The molecule has 0 bridgehead atoms. The number of pyridine rings is 1. The Bertz CT molecular complexity index is 634. The lowest BCUT2D eigenvalue weighted by Gasteiger charge is -2.18. The molecule has 2 heterocycles. The Balaban J connectivity index is 2.59. The van der Waals surface area contributed by atoms with Crippen LogP contribution < -0.4 is 0 Å². The van der Waals surface area contributed by atoms with Crippen molar-refractivity contribution in [2.24, 2.45) is 0 Å². The number of hydrogen-bond donors (Lipinski definition) is 0. The van der Waals surface area contributed by atoms with E-state index in [1.807, 2.05) is 32.9 Å². The zero-order valence-corrected chi connectivity index (χ0v) is 12.8. The number of carbonyl (C=O) groups is 1. The Hall–Kier alpha value is -2.30. The molecule has 21 heavy (non-hydrogen) atoms. The monoisotopic (exact) mass is 285 g/mol. The Morgan fingerprint density at radius 3 is 2.62 bits per heavy atom. The maximum absolute atomic E-state index is 12.1. The van der Waals surface area contributed by atoms with E-state index in [1.54, 1.807) is 19.3 Å². The minimum Gasteiger partial charge on any atom is -0.462 e. The third kappa shape index (κ3) is 3.42. The summed E-state index contributed by atoms with van der Waals surface area (Å²) < 4.78 is 5.08. The summed E-state index contributed by atoms with van der Waals surface area (Å²) in [6, 6.07) is 3.67. The van der Waals surface area contributed by atoms with E-state index in [2.05, 4.69) is 15.0 Å². The maximum atomic E-state index is 12.1. The van der Waals surface area contributed by atoms with E-state index in [4.69, 9.17) is 4.74 Å². The Labute approximate surface area is 124 Å². The fraction of sp³-hybridized carbons (Fsp3) is 0.375. The van der Waals surface area contributed by atoms with Gasteiger partial charge in [-0.2, -0.15) is 0 Å². The number of carbonyl (C=O) groups excluding carboxylic acids is 1. The van der Waals surface area contributed by atoms with Gasteiger partial charge in [-0.05, 0) is 19.1 Å². The largest absolute Gasteiger partial charge is 0.462 e. The van der Waals surface area contributed by atoms with Crippen LogP contribution in [0, 0.1) is 0 Å². The summed E-state index contributed by atoms with van der Waals surface area (Å²) in [7, 11) is 0. The molecule has 5 nitrogen and oxygen atoms in total.